The molecule has 0 saturated carbocycles. The van der Waals surface area contributed by atoms with Crippen LogP contribution in [0.25, 0.3) is 0 Å². The van der Waals surface area contributed by atoms with Crippen molar-refractivity contribution in [1.29, 1.82) is 0 Å². The third-order valence-corrected chi connectivity index (χ3v) is 5.25. The van der Waals surface area contributed by atoms with Gasteiger partial charge in [0.15, 0.2) is 0 Å². The van der Waals surface area contributed by atoms with Gasteiger partial charge in [-0.15, -0.1) is 0 Å². The first-order valence-electron chi connectivity index (χ1n) is 10.2. The normalized spacial score (nSPS) is 15.8. The van der Waals surface area contributed by atoms with Crippen LogP contribution in [0.1, 0.15) is 25.0 Å². The first-order chi connectivity index (χ1) is 13.7. The minimum Gasteiger partial charge on any atom is -0.379 e. The number of rotatable bonds is 7. The zero-order valence-electron chi connectivity index (χ0n) is 16.9. The Morgan fingerprint density at radius 3 is 2.50 bits per heavy atom. The van der Waals surface area contributed by atoms with E-state index in [-0.39, 0.29) is 12.1 Å². The summed E-state index contributed by atoms with van der Waals surface area (Å²) in [6.07, 6.45) is 0.887. The number of hydrogen-bond acceptors (Lipinski definition) is 3. The lowest BCUT2D eigenvalue weighted by molar-refractivity contribution is 0.0277. The molecule has 1 atom stereocenters. The number of aryl methyl sites for hydroxylation is 1. The number of para-hydroxylation sites is 1. The highest BCUT2D eigenvalue weighted by atomic mass is 16.5. The van der Waals surface area contributed by atoms with Gasteiger partial charge in [0.05, 0.1) is 13.2 Å². The van der Waals surface area contributed by atoms with Crippen molar-refractivity contribution in [2.45, 2.75) is 32.9 Å². The third-order valence-electron chi connectivity index (χ3n) is 5.25. The number of anilines is 1. The molecule has 5 heteroatoms. The quantitative estimate of drug-likeness (QED) is 0.788. The van der Waals surface area contributed by atoms with E-state index in [2.05, 4.69) is 42.3 Å². The molecule has 1 fully saturated rings. The lowest BCUT2D eigenvalue weighted by Crippen LogP contribution is -2.49. The summed E-state index contributed by atoms with van der Waals surface area (Å²) in [6, 6.07) is 18.2. The standard InChI is InChI=1S/C23H31N3O2/c1-3-21-11-7-8-12-22(21)24-23(27)26(18-20-9-5-4-6-10-20)19(2)17-25-13-15-28-16-14-25/h4-12,19H,3,13-18H2,1-2H3,(H,24,27). The number of hydrogen-bond donors (Lipinski definition) is 1. The van der Waals surface area contributed by atoms with Crippen molar-refractivity contribution in [3.05, 3.63) is 65.7 Å². The van der Waals surface area contributed by atoms with Crippen LogP contribution < -0.4 is 5.32 Å². The molecule has 1 N–H and O–H groups in total. The summed E-state index contributed by atoms with van der Waals surface area (Å²) in [5.74, 6) is 0. The maximum absolute atomic E-state index is 13.2. The van der Waals surface area contributed by atoms with Crippen LogP contribution in [0.5, 0.6) is 0 Å². The van der Waals surface area contributed by atoms with Gasteiger partial charge in [-0.05, 0) is 30.5 Å². The molecule has 150 valence electrons. The third kappa shape index (κ3) is 5.57. The second-order valence-corrected chi connectivity index (χ2v) is 7.32. The van der Waals surface area contributed by atoms with E-state index >= 15 is 0 Å². The molecule has 5 nitrogen and oxygen atoms in total. The summed E-state index contributed by atoms with van der Waals surface area (Å²) >= 11 is 0. The van der Waals surface area contributed by atoms with Crippen LogP contribution in [0.3, 0.4) is 0 Å². The predicted octanol–water partition coefficient (Wildman–Crippen LogP) is 4.00. The first kappa shape index (κ1) is 20.4. The molecule has 3 rings (SSSR count). The van der Waals surface area contributed by atoms with Gasteiger partial charge in [0, 0.05) is 37.9 Å². The van der Waals surface area contributed by atoms with Gasteiger partial charge in [0.1, 0.15) is 0 Å². The van der Waals surface area contributed by atoms with Crippen LogP contribution in [-0.2, 0) is 17.7 Å². The number of urea groups is 1. The summed E-state index contributed by atoms with van der Waals surface area (Å²) in [5.41, 5.74) is 3.18. The Morgan fingerprint density at radius 2 is 1.79 bits per heavy atom. The van der Waals surface area contributed by atoms with Crippen LogP contribution in [0.15, 0.2) is 54.6 Å². The van der Waals surface area contributed by atoms with Gasteiger partial charge in [-0.25, -0.2) is 4.79 Å². The average molecular weight is 382 g/mol. The topological polar surface area (TPSA) is 44.8 Å². The largest absolute Gasteiger partial charge is 0.379 e. The summed E-state index contributed by atoms with van der Waals surface area (Å²) < 4.78 is 5.45. The lowest BCUT2D eigenvalue weighted by Gasteiger charge is -2.35. The molecule has 1 unspecified atom stereocenters. The summed E-state index contributed by atoms with van der Waals surface area (Å²) in [7, 11) is 0. The number of carbonyl (C=O) groups excluding carboxylic acids is 1. The van der Waals surface area contributed by atoms with Crippen molar-refractivity contribution in [2.75, 3.05) is 38.2 Å². The van der Waals surface area contributed by atoms with E-state index in [9.17, 15) is 4.79 Å². The highest BCUT2D eigenvalue weighted by Crippen LogP contribution is 2.18. The molecule has 0 bridgehead atoms. The molecule has 1 aliphatic rings. The van der Waals surface area contributed by atoms with Gasteiger partial charge in [-0.1, -0.05) is 55.5 Å². The smallest absolute Gasteiger partial charge is 0.322 e. The van der Waals surface area contributed by atoms with Crippen molar-refractivity contribution in [2.24, 2.45) is 0 Å². The van der Waals surface area contributed by atoms with Gasteiger partial charge in [-0.2, -0.15) is 0 Å². The molecule has 2 aromatic rings. The molecule has 1 aliphatic heterocycles. The molecule has 2 aromatic carbocycles. The molecule has 28 heavy (non-hydrogen) atoms. The number of nitrogens with one attached hydrogen (secondary N) is 1. The zero-order valence-corrected chi connectivity index (χ0v) is 16.9. The van der Waals surface area contributed by atoms with Gasteiger partial charge < -0.3 is 15.0 Å². The molecule has 0 aromatic heterocycles. The summed E-state index contributed by atoms with van der Waals surface area (Å²) in [5, 5.41) is 3.14. The van der Waals surface area contributed by atoms with E-state index in [1.807, 2.05) is 41.3 Å². The minimum atomic E-state index is -0.0505. The Morgan fingerprint density at radius 1 is 1.11 bits per heavy atom. The second kappa shape index (κ2) is 10.2. The fraction of sp³-hybridized carbons (Fsp3) is 0.435. The molecule has 1 saturated heterocycles. The number of benzene rings is 2. The molecular weight excluding hydrogens is 350 g/mol. The summed E-state index contributed by atoms with van der Waals surface area (Å²) in [4.78, 5) is 17.6. The Labute approximate surface area is 168 Å². The molecule has 0 spiro atoms. The van der Waals surface area contributed by atoms with E-state index in [0.717, 1.165) is 56.1 Å². The molecule has 0 aliphatic carbocycles. The highest BCUT2D eigenvalue weighted by Gasteiger charge is 2.24. The van der Waals surface area contributed by atoms with Crippen LogP contribution in [0.2, 0.25) is 0 Å². The van der Waals surface area contributed by atoms with Gasteiger partial charge >= 0.3 is 6.03 Å². The van der Waals surface area contributed by atoms with Crippen LogP contribution in [0, 0.1) is 0 Å². The Balaban J connectivity index is 1.75. The minimum absolute atomic E-state index is 0.0505. The first-order valence-corrected chi connectivity index (χ1v) is 10.2. The molecule has 1 heterocycles. The molecule has 0 radical (unpaired) electrons. The molecule has 2 amide bonds. The van der Waals surface area contributed by atoms with E-state index < -0.39 is 0 Å². The van der Waals surface area contributed by atoms with Crippen molar-refractivity contribution in [1.82, 2.24) is 9.80 Å². The van der Waals surface area contributed by atoms with E-state index in [0.29, 0.717) is 6.54 Å². The van der Waals surface area contributed by atoms with Crippen molar-refractivity contribution < 1.29 is 9.53 Å². The fourth-order valence-electron chi connectivity index (χ4n) is 3.60. The maximum atomic E-state index is 13.2. The number of amides is 2. The highest BCUT2D eigenvalue weighted by molar-refractivity contribution is 5.90. The van der Waals surface area contributed by atoms with Gasteiger partial charge in [0.25, 0.3) is 0 Å². The van der Waals surface area contributed by atoms with Crippen LogP contribution >= 0.6 is 0 Å². The van der Waals surface area contributed by atoms with E-state index in [1.165, 1.54) is 0 Å². The maximum Gasteiger partial charge on any atom is 0.322 e. The van der Waals surface area contributed by atoms with Crippen LogP contribution in [0.4, 0.5) is 10.5 Å². The number of morpholine rings is 1. The fourth-order valence-corrected chi connectivity index (χ4v) is 3.60. The van der Waals surface area contributed by atoms with Gasteiger partial charge in [-0.3, -0.25) is 4.90 Å². The van der Waals surface area contributed by atoms with E-state index in [4.69, 9.17) is 4.74 Å². The Kier molecular flexibility index (Phi) is 7.46. The van der Waals surface area contributed by atoms with Crippen molar-refractivity contribution in [3.8, 4) is 0 Å². The summed E-state index contributed by atoms with van der Waals surface area (Å²) in [6.45, 7) is 9.04. The Hall–Kier alpha value is -2.37. The monoisotopic (exact) mass is 381 g/mol. The van der Waals surface area contributed by atoms with Gasteiger partial charge in [0.2, 0.25) is 0 Å². The van der Waals surface area contributed by atoms with Crippen molar-refractivity contribution in [3.63, 3.8) is 0 Å². The number of nitrogens with zero attached hydrogens (tertiary/aromatic N) is 2. The average Bonchev–Trinajstić information content (AvgIpc) is 2.73. The van der Waals surface area contributed by atoms with Crippen molar-refractivity contribution >= 4 is 11.7 Å². The predicted molar refractivity (Wildman–Crippen MR) is 114 cm³/mol. The number of ether oxygens (including phenoxy) is 1. The van der Waals surface area contributed by atoms with E-state index in [1.54, 1.807) is 0 Å². The van der Waals surface area contributed by atoms with Crippen LogP contribution in [-0.4, -0.2) is 54.7 Å². The number of carbonyl (C=O) groups is 1. The zero-order chi connectivity index (χ0) is 19.8. The SMILES string of the molecule is CCc1ccccc1NC(=O)N(Cc1ccccc1)C(C)CN1CCOCC1. The second-order valence-electron chi connectivity index (χ2n) is 7.32. The molecular formula is C23H31N3O2. The Bertz CT molecular complexity index is 745. The lowest BCUT2D eigenvalue weighted by atomic mass is 10.1.